The van der Waals surface area contributed by atoms with E-state index in [0.717, 1.165) is 37.9 Å². The Balaban J connectivity index is 1.61. The largest absolute Gasteiger partial charge is 0.481 e. The molecular weight excluding hydrogens is 608 g/mol. The van der Waals surface area contributed by atoms with E-state index in [2.05, 4.69) is 75.2 Å². The van der Waals surface area contributed by atoms with Gasteiger partial charge in [0.15, 0.2) is 0 Å². The first kappa shape index (κ1) is 27.3. The molecule has 2 aliphatic rings. The van der Waals surface area contributed by atoms with Crippen LogP contribution in [0.15, 0.2) is 37.7 Å². The van der Waals surface area contributed by atoms with Crippen LogP contribution >= 0.6 is 43.2 Å². The van der Waals surface area contributed by atoms with Gasteiger partial charge in [-0.2, -0.15) is 0 Å². The molecule has 6 nitrogen and oxygen atoms in total. The zero-order valence-corrected chi connectivity index (χ0v) is 25.0. The molecule has 3 atom stereocenters. The number of carbonyl (C=O) groups excluding carboxylic acids is 1. The van der Waals surface area contributed by atoms with Gasteiger partial charge in [0.1, 0.15) is 6.61 Å². The van der Waals surface area contributed by atoms with Crippen molar-refractivity contribution in [1.82, 2.24) is 5.32 Å². The third-order valence-corrected chi connectivity index (χ3v) is 10.3. The molecule has 1 aromatic heterocycles. The van der Waals surface area contributed by atoms with Crippen molar-refractivity contribution in [3.63, 3.8) is 0 Å². The summed E-state index contributed by atoms with van der Waals surface area (Å²) in [5.74, 6) is -0.671. The summed E-state index contributed by atoms with van der Waals surface area (Å²) in [5, 5.41) is 17.6. The standard InChI is InChI=1S/C27H32Br2N2O4S/c1-15(2)16-12-17-18(13-19(16)28)26(3)8-5-9-27(4,25(33)34)22(26)14-20(17)31-35-11-10-30-24(32)21-6-7-23(29)36-21/h6-7,12-13,15,22H,5,8-11,14H2,1-4H3,(H,30,32)(H,33,34)/b31-20+/t22-,26-,27-/m1/s1. The summed E-state index contributed by atoms with van der Waals surface area (Å²) in [6.45, 7) is 8.96. The van der Waals surface area contributed by atoms with Crippen molar-refractivity contribution in [1.29, 1.82) is 0 Å². The molecule has 2 aliphatic carbocycles. The lowest BCUT2D eigenvalue weighted by atomic mass is 9.49. The molecule has 0 unspecified atom stereocenters. The predicted molar refractivity (Wildman–Crippen MR) is 150 cm³/mol. The Kier molecular flexibility index (Phi) is 8.03. The molecule has 0 spiro atoms. The van der Waals surface area contributed by atoms with E-state index in [1.54, 1.807) is 6.07 Å². The van der Waals surface area contributed by atoms with Crippen molar-refractivity contribution in [2.75, 3.05) is 13.2 Å². The highest BCUT2D eigenvalue weighted by molar-refractivity contribution is 9.11. The molecule has 9 heteroatoms. The number of nitrogens with one attached hydrogen (secondary N) is 1. The Bertz CT molecular complexity index is 1210. The Morgan fingerprint density at radius 3 is 2.64 bits per heavy atom. The molecule has 1 aromatic carbocycles. The quantitative estimate of drug-likeness (QED) is 0.250. The van der Waals surface area contributed by atoms with Crippen molar-refractivity contribution in [3.8, 4) is 0 Å². The minimum Gasteiger partial charge on any atom is -0.481 e. The average molecular weight is 640 g/mol. The number of benzene rings is 1. The maximum atomic E-state index is 12.5. The fraction of sp³-hybridized carbons (Fsp3) is 0.519. The van der Waals surface area contributed by atoms with Gasteiger partial charge in [0, 0.05) is 10.0 Å². The molecule has 2 N–H and O–H groups in total. The smallest absolute Gasteiger partial charge is 0.309 e. The van der Waals surface area contributed by atoms with E-state index < -0.39 is 11.4 Å². The van der Waals surface area contributed by atoms with Crippen LogP contribution in [0.5, 0.6) is 0 Å². The Hall–Kier alpha value is -1.71. The third kappa shape index (κ3) is 5.03. The number of halogens is 2. The van der Waals surface area contributed by atoms with Gasteiger partial charge >= 0.3 is 5.97 Å². The normalized spacial score (nSPS) is 26.4. The van der Waals surface area contributed by atoms with Crippen LogP contribution in [0.3, 0.4) is 0 Å². The molecule has 1 amide bonds. The summed E-state index contributed by atoms with van der Waals surface area (Å²) in [6.07, 6.45) is 3.02. The second-order valence-electron chi connectivity index (χ2n) is 10.6. The average Bonchev–Trinajstić information content (AvgIpc) is 3.25. The number of fused-ring (bicyclic) bond motifs is 3. The molecule has 1 heterocycles. The number of carbonyl (C=O) groups is 2. The second-order valence-corrected chi connectivity index (χ2v) is 13.9. The summed E-state index contributed by atoms with van der Waals surface area (Å²) in [4.78, 5) is 31.1. The minimum absolute atomic E-state index is 0.0973. The van der Waals surface area contributed by atoms with Crippen LogP contribution in [0.4, 0.5) is 0 Å². The molecule has 36 heavy (non-hydrogen) atoms. The first-order chi connectivity index (χ1) is 17.0. The minimum atomic E-state index is -0.836. The van der Waals surface area contributed by atoms with Crippen LogP contribution in [0.25, 0.3) is 0 Å². The van der Waals surface area contributed by atoms with Crippen LogP contribution in [0.2, 0.25) is 0 Å². The molecule has 194 valence electrons. The summed E-state index contributed by atoms with van der Waals surface area (Å²) in [7, 11) is 0. The molecule has 0 radical (unpaired) electrons. The van der Waals surface area contributed by atoms with Gasteiger partial charge in [-0.1, -0.05) is 48.3 Å². The van der Waals surface area contributed by atoms with Gasteiger partial charge in [-0.3, -0.25) is 9.59 Å². The van der Waals surface area contributed by atoms with E-state index in [1.807, 2.05) is 13.0 Å². The van der Waals surface area contributed by atoms with Gasteiger partial charge in [-0.05, 0) is 94.8 Å². The van der Waals surface area contributed by atoms with E-state index in [9.17, 15) is 14.7 Å². The summed E-state index contributed by atoms with van der Waals surface area (Å²) in [6, 6.07) is 7.99. The number of amides is 1. The van der Waals surface area contributed by atoms with Crippen molar-refractivity contribution >= 4 is 60.8 Å². The SMILES string of the molecule is CC(C)c1cc2c(cc1Br)[C@@]1(C)CCC[C@@](C)(C(=O)O)[C@@H]1C/C2=N\OCCNC(=O)c1ccc(Br)s1. The second kappa shape index (κ2) is 10.6. The van der Waals surface area contributed by atoms with Gasteiger partial charge in [0.2, 0.25) is 0 Å². The van der Waals surface area contributed by atoms with Crippen LogP contribution in [0.1, 0.15) is 85.7 Å². The molecule has 2 aromatic rings. The van der Waals surface area contributed by atoms with Crippen molar-refractivity contribution in [2.24, 2.45) is 16.5 Å². The maximum Gasteiger partial charge on any atom is 0.309 e. The molecular formula is C27H32Br2N2O4S. The molecule has 0 aliphatic heterocycles. The highest BCUT2D eigenvalue weighted by Crippen LogP contribution is 2.58. The highest BCUT2D eigenvalue weighted by atomic mass is 79.9. The van der Waals surface area contributed by atoms with Gasteiger partial charge < -0.3 is 15.3 Å². The summed E-state index contributed by atoms with van der Waals surface area (Å²) in [5.41, 5.74) is 3.06. The lowest BCUT2D eigenvalue weighted by Crippen LogP contribution is -2.53. The Labute approximate surface area is 233 Å². The van der Waals surface area contributed by atoms with Gasteiger partial charge in [-0.15, -0.1) is 11.3 Å². The Morgan fingerprint density at radius 2 is 2.00 bits per heavy atom. The summed E-state index contributed by atoms with van der Waals surface area (Å²) >= 11 is 8.52. The third-order valence-electron chi connectivity index (χ3n) is 7.95. The van der Waals surface area contributed by atoms with E-state index in [1.165, 1.54) is 16.9 Å². The van der Waals surface area contributed by atoms with E-state index >= 15 is 0 Å². The van der Waals surface area contributed by atoms with E-state index in [0.29, 0.717) is 30.2 Å². The summed E-state index contributed by atoms with van der Waals surface area (Å²) < 4.78 is 1.95. The first-order valence-corrected chi connectivity index (χ1v) is 14.7. The number of hydrogen-bond donors (Lipinski definition) is 2. The fourth-order valence-corrected chi connectivity index (χ4v) is 8.00. The molecule has 1 fully saturated rings. The molecule has 1 saturated carbocycles. The number of aliphatic carboxylic acids is 1. The number of carboxylic acid groups (broad SMARTS) is 1. The van der Waals surface area contributed by atoms with Crippen LogP contribution in [-0.2, 0) is 15.0 Å². The van der Waals surface area contributed by atoms with Crippen LogP contribution < -0.4 is 5.32 Å². The number of rotatable bonds is 7. The van der Waals surface area contributed by atoms with Crippen molar-refractivity contribution in [3.05, 3.63) is 54.1 Å². The van der Waals surface area contributed by atoms with Gasteiger partial charge in [0.25, 0.3) is 5.91 Å². The number of hydrogen-bond acceptors (Lipinski definition) is 5. The zero-order valence-electron chi connectivity index (χ0n) is 21.0. The van der Waals surface area contributed by atoms with Gasteiger partial charge in [-0.25, -0.2) is 0 Å². The van der Waals surface area contributed by atoms with Crippen molar-refractivity contribution in [2.45, 2.75) is 64.7 Å². The lowest BCUT2D eigenvalue weighted by molar-refractivity contribution is -0.156. The van der Waals surface area contributed by atoms with Gasteiger partial charge in [0.05, 0.1) is 26.3 Å². The maximum absolute atomic E-state index is 12.5. The van der Waals surface area contributed by atoms with E-state index in [4.69, 9.17) is 4.84 Å². The fourth-order valence-electron chi connectivity index (χ4n) is 5.89. The number of thiophene rings is 1. The monoisotopic (exact) mass is 638 g/mol. The molecule has 4 rings (SSSR count). The Morgan fingerprint density at radius 1 is 1.25 bits per heavy atom. The first-order valence-electron chi connectivity index (χ1n) is 12.3. The number of nitrogens with zero attached hydrogens (tertiary/aromatic N) is 1. The van der Waals surface area contributed by atoms with Crippen LogP contribution in [-0.4, -0.2) is 35.8 Å². The van der Waals surface area contributed by atoms with Crippen molar-refractivity contribution < 1.29 is 19.5 Å². The topological polar surface area (TPSA) is 88.0 Å². The van der Waals surface area contributed by atoms with E-state index in [-0.39, 0.29) is 23.8 Å². The number of carboxylic acids is 1. The predicted octanol–water partition coefficient (Wildman–Crippen LogP) is 7.10. The number of oxime groups is 1. The molecule has 0 saturated heterocycles. The zero-order chi connectivity index (χ0) is 26.3. The van der Waals surface area contributed by atoms with Crippen LogP contribution in [0, 0.1) is 11.3 Å². The highest BCUT2D eigenvalue weighted by Gasteiger charge is 2.56. The molecule has 0 bridgehead atoms. The lowest BCUT2D eigenvalue weighted by Gasteiger charge is -2.53.